The number of nitrogens with two attached hydrogens (primary N) is 1. The molecule has 0 aliphatic carbocycles. The highest BCUT2D eigenvalue weighted by Crippen LogP contribution is 2.18. The van der Waals surface area contributed by atoms with Gasteiger partial charge in [-0.1, -0.05) is 18.2 Å². The molecule has 0 spiro atoms. The largest absolute Gasteiger partial charge is 0.480 e. The Morgan fingerprint density at radius 3 is 2.52 bits per heavy atom. The van der Waals surface area contributed by atoms with Gasteiger partial charge in [-0.05, 0) is 18.6 Å². The number of nitrogens with zero attached hydrogens (tertiary/aromatic N) is 1. The van der Waals surface area contributed by atoms with Gasteiger partial charge in [0.1, 0.15) is 5.54 Å². The lowest BCUT2D eigenvalue weighted by Gasteiger charge is -2.20. The van der Waals surface area contributed by atoms with Crippen molar-refractivity contribution in [3.05, 3.63) is 35.9 Å². The fourth-order valence-electron chi connectivity index (χ4n) is 2.18. The second kappa shape index (κ2) is 5.92. The van der Waals surface area contributed by atoms with E-state index in [1.807, 2.05) is 0 Å². The van der Waals surface area contributed by atoms with Crippen molar-refractivity contribution >= 4 is 17.8 Å². The predicted octanol–water partition coefficient (Wildman–Crippen LogP) is -0.569. The van der Waals surface area contributed by atoms with E-state index in [2.05, 4.69) is 5.32 Å². The average Bonchev–Trinajstić information content (AvgIpc) is 2.89. The molecule has 112 valence electrons. The highest BCUT2D eigenvalue weighted by molar-refractivity contribution is 5.96. The molecule has 2 rings (SSSR count). The van der Waals surface area contributed by atoms with Crippen LogP contribution in [-0.2, 0) is 9.59 Å². The molecule has 0 saturated carbocycles. The van der Waals surface area contributed by atoms with Crippen LogP contribution in [0.1, 0.15) is 16.8 Å². The van der Waals surface area contributed by atoms with Gasteiger partial charge in [0, 0.05) is 18.7 Å². The van der Waals surface area contributed by atoms with Crippen molar-refractivity contribution in [1.82, 2.24) is 10.2 Å². The number of benzene rings is 1. The molecular weight excluding hydrogens is 274 g/mol. The lowest BCUT2D eigenvalue weighted by atomic mass is 10.0. The Kier molecular flexibility index (Phi) is 4.23. The first-order valence-electron chi connectivity index (χ1n) is 6.56. The number of aliphatic carboxylic acids is 1. The maximum absolute atomic E-state index is 12.0. The number of nitrogens with one attached hydrogen (secondary N) is 1. The van der Waals surface area contributed by atoms with Gasteiger partial charge in [0.2, 0.25) is 5.91 Å². The number of hydrogen-bond donors (Lipinski definition) is 3. The van der Waals surface area contributed by atoms with Gasteiger partial charge < -0.3 is 21.1 Å². The number of hydrogen-bond acceptors (Lipinski definition) is 4. The Morgan fingerprint density at radius 2 is 1.95 bits per heavy atom. The minimum Gasteiger partial charge on any atom is -0.480 e. The van der Waals surface area contributed by atoms with E-state index in [1.165, 1.54) is 4.90 Å². The number of carbonyl (C=O) groups is 3. The first-order valence-corrected chi connectivity index (χ1v) is 6.56. The van der Waals surface area contributed by atoms with Gasteiger partial charge in [0.05, 0.1) is 6.54 Å². The quantitative estimate of drug-likeness (QED) is 0.687. The molecule has 7 nitrogen and oxygen atoms in total. The summed E-state index contributed by atoms with van der Waals surface area (Å²) in [5.74, 6) is -1.81. The van der Waals surface area contributed by atoms with Crippen LogP contribution in [0, 0.1) is 0 Å². The third-order valence-electron chi connectivity index (χ3n) is 3.52. The van der Waals surface area contributed by atoms with Crippen LogP contribution in [0.25, 0.3) is 0 Å². The van der Waals surface area contributed by atoms with Crippen molar-refractivity contribution in [3.63, 3.8) is 0 Å². The summed E-state index contributed by atoms with van der Waals surface area (Å²) in [7, 11) is 0. The molecule has 1 aliphatic rings. The van der Waals surface area contributed by atoms with Gasteiger partial charge in [0.15, 0.2) is 0 Å². The minimum atomic E-state index is -1.39. The third kappa shape index (κ3) is 3.38. The van der Waals surface area contributed by atoms with Crippen LogP contribution >= 0.6 is 0 Å². The smallest absolute Gasteiger partial charge is 0.325 e. The molecule has 1 aromatic carbocycles. The third-order valence-corrected chi connectivity index (χ3v) is 3.52. The number of carboxylic acids is 1. The zero-order chi connectivity index (χ0) is 15.5. The Balaban J connectivity index is 1.86. The predicted molar refractivity (Wildman–Crippen MR) is 74.5 cm³/mol. The van der Waals surface area contributed by atoms with Crippen LogP contribution in [-0.4, -0.2) is 53.0 Å². The lowest BCUT2D eigenvalue weighted by Crippen LogP contribution is -2.51. The summed E-state index contributed by atoms with van der Waals surface area (Å²) < 4.78 is 0. The number of amides is 2. The lowest BCUT2D eigenvalue weighted by molar-refractivity contribution is -0.143. The van der Waals surface area contributed by atoms with Crippen LogP contribution in [0.4, 0.5) is 0 Å². The van der Waals surface area contributed by atoms with Gasteiger partial charge in [-0.3, -0.25) is 14.4 Å². The molecule has 21 heavy (non-hydrogen) atoms. The standard InChI is InChI=1S/C14H17N3O4/c15-14(13(20)21)6-7-17(9-14)11(18)8-16-12(19)10-4-2-1-3-5-10/h1-5H,6-9,15H2,(H,16,19)(H,20,21). The maximum atomic E-state index is 12.0. The molecule has 1 saturated heterocycles. The van der Waals surface area contributed by atoms with Crippen LogP contribution in [0.15, 0.2) is 30.3 Å². The Labute approximate surface area is 121 Å². The summed E-state index contributed by atoms with van der Waals surface area (Å²) in [6.45, 7) is 0.0641. The zero-order valence-corrected chi connectivity index (χ0v) is 11.4. The highest BCUT2D eigenvalue weighted by atomic mass is 16.4. The molecule has 1 aliphatic heterocycles. The Hall–Kier alpha value is -2.41. The number of carboxylic acid groups (broad SMARTS) is 1. The second-order valence-electron chi connectivity index (χ2n) is 5.08. The first-order chi connectivity index (χ1) is 9.92. The SMILES string of the molecule is NC1(C(=O)O)CCN(C(=O)CNC(=O)c2ccccc2)C1. The number of carbonyl (C=O) groups excluding carboxylic acids is 2. The van der Waals surface area contributed by atoms with Crippen LogP contribution in [0.5, 0.6) is 0 Å². The van der Waals surface area contributed by atoms with Crippen molar-refractivity contribution in [3.8, 4) is 0 Å². The summed E-state index contributed by atoms with van der Waals surface area (Å²) in [6.07, 6.45) is 0.209. The molecule has 0 bridgehead atoms. The fraction of sp³-hybridized carbons (Fsp3) is 0.357. The molecule has 7 heteroatoms. The number of rotatable bonds is 4. The van der Waals surface area contributed by atoms with Crippen molar-refractivity contribution in [2.45, 2.75) is 12.0 Å². The molecule has 1 atom stereocenters. The van der Waals surface area contributed by atoms with Gasteiger partial charge in [0.25, 0.3) is 5.91 Å². The molecule has 1 unspecified atom stereocenters. The summed E-state index contributed by atoms with van der Waals surface area (Å²) in [5, 5.41) is 11.5. The summed E-state index contributed by atoms with van der Waals surface area (Å²) in [4.78, 5) is 36.1. The van der Waals surface area contributed by atoms with E-state index in [1.54, 1.807) is 30.3 Å². The highest BCUT2D eigenvalue weighted by Gasteiger charge is 2.42. The van der Waals surface area contributed by atoms with Crippen molar-refractivity contribution in [2.24, 2.45) is 5.73 Å². The minimum absolute atomic E-state index is 0.0393. The van der Waals surface area contributed by atoms with Crippen LogP contribution in [0.2, 0.25) is 0 Å². The van der Waals surface area contributed by atoms with Crippen molar-refractivity contribution in [1.29, 1.82) is 0 Å². The van der Waals surface area contributed by atoms with Crippen LogP contribution in [0.3, 0.4) is 0 Å². The Bertz CT molecular complexity index is 561. The van der Waals surface area contributed by atoms with E-state index in [-0.39, 0.29) is 37.9 Å². The number of likely N-dealkylation sites (tertiary alicyclic amines) is 1. The molecule has 1 heterocycles. The normalized spacial score (nSPS) is 21.1. The summed E-state index contributed by atoms with van der Waals surface area (Å²) in [5.41, 5.74) is 4.77. The van der Waals surface area contributed by atoms with Crippen molar-refractivity contribution < 1.29 is 19.5 Å². The topological polar surface area (TPSA) is 113 Å². The van der Waals surface area contributed by atoms with Gasteiger partial charge >= 0.3 is 5.97 Å². The van der Waals surface area contributed by atoms with Crippen LogP contribution < -0.4 is 11.1 Å². The molecule has 4 N–H and O–H groups in total. The van der Waals surface area contributed by atoms with E-state index < -0.39 is 11.5 Å². The monoisotopic (exact) mass is 291 g/mol. The molecule has 2 amide bonds. The molecule has 1 aromatic rings. The van der Waals surface area contributed by atoms with Gasteiger partial charge in [-0.15, -0.1) is 0 Å². The van der Waals surface area contributed by atoms with E-state index in [0.717, 1.165) is 0 Å². The fourth-order valence-corrected chi connectivity index (χ4v) is 2.18. The molecule has 0 aromatic heterocycles. The van der Waals surface area contributed by atoms with E-state index in [4.69, 9.17) is 10.8 Å². The molecule has 0 radical (unpaired) electrons. The molecule has 1 fully saturated rings. The zero-order valence-electron chi connectivity index (χ0n) is 11.4. The maximum Gasteiger partial charge on any atom is 0.325 e. The van der Waals surface area contributed by atoms with E-state index in [9.17, 15) is 14.4 Å². The summed E-state index contributed by atoms with van der Waals surface area (Å²) >= 11 is 0. The first kappa shape index (κ1) is 15.0. The Morgan fingerprint density at radius 1 is 1.29 bits per heavy atom. The summed E-state index contributed by atoms with van der Waals surface area (Å²) in [6, 6.07) is 8.54. The average molecular weight is 291 g/mol. The van der Waals surface area contributed by atoms with Gasteiger partial charge in [-0.25, -0.2) is 0 Å². The van der Waals surface area contributed by atoms with Gasteiger partial charge in [-0.2, -0.15) is 0 Å². The van der Waals surface area contributed by atoms with E-state index in [0.29, 0.717) is 5.56 Å². The van der Waals surface area contributed by atoms with Crippen molar-refractivity contribution in [2.75, 3.05) is 19.6 Å². The second-order valence-corrected chi connectivity index (χ2v) is 5.08. The molecular formula is C14H17N3O4. The van der Waals surface area contributed by atoms with E-state index >= 15 is 0 Å².